The van der Waals surface area contributed by atoms with Crippen molar-refractivity contribution in [1.29, 1.82) is 0 Å². The topological polar surface area (TPSA) is 84.1 Å². The van der Waals surface area contributed by atoms with Gasteiger partial charge >= 0.3 is 0 Å². The van der Waals surface area contributed by atoms with Gasteiger partial charge in [-0.25, -0.2) is 4.98 Å². The van der Waals surface area contributed by atoms with Gasteiger partial charge in [-0.05, 0) is 24.3 Å². The molecule has 0 aromatic carbocycles. The van der Waals surface area contributed by atoms with Crippen LogP contribution in [0.3, 0.4) is 0 Å². The summed E-state index contributed by atoms with van der Waals surface area (Å²) in [5.74, 6) is 1.08. The quantitative estimate of drug-likeness (QED) is 0.806. The number of aromatic nitrogens is 2. The van der Waals surface area contributed by atoms with Crippen molar-refractivity contribution in [1.82, 2.24) is 9.97 Å². The molecule has 0 bridgehead atoms. The molecule has 2 aromatic rings. The smallest absolute Gasteiger partial charge is 0.223 e. The van der Waals surface area contributed by atoms with Crippen molar-refractivity contribution in [3.8, 4) is 0 Å². The molecule has 1 fully saturated rings. The predicted octanol–water partition coefficient (Wildman–Crippen LogP) is 2.63. The molecule has 1 aliphatic rings. The third-order valence-electron chi connectivity index (χ3n) is 4.22. The summed E-state index contributed by atoms with van der Waals surface area (Å²) in [6.07, 6.45) is 5.81. The first kappa shape index (κ1) is 13.6. The Labute approximate surface area is 122 Å². The molecule has 108 valence electrons. The van der Waals surface area contributed by atoms with Crippen molar-refractivity contribution in [2.45, 2.75) is 32.1 Å². The molecule has 2 heterocycles. The monoisotopic (exact) mass is 292 g/mol. The number of hydrogen-bond acceptors (Lipinski definition) is 6. The van der Waals surface area contributed by atoms with Crippen molar-refractivity contribution in [3.63, 3.8) is 0 Å². The van der Waals surface area contributed by atoms with E-state index in [1.165, 1.54) is 19.3 Å². The van der Waals surface area contributed by atoms with E-state index in [-0.39, 0.29) is 12.0 Å². The van der Waals surface area contributed by atoms with Crippen LogP contribution in [-0.4, -0.2) is 28.2 Å². The zero-order chi connectivity index (χ0) is 14.0. The largest absolute Gasteiger partial charge is 0.396 e. The van der Waals surface area contributed by atoms with Gasteiger partial charge in [0, 0.05) is 12.0 Å². The maximum atomic E-state index is 9.75. The number of nitrogens with zero attached hydrogens (tertiary/aromatic N) is 2. The number of nitrogen functional groups attached to an aromatic ring is 1. The fourth-order valence-corrected chi connectivity index (χ4v) is 3.74. The van der Waals surface area contributed by atoms with Gasteiger partial charge in [0.05, 0.1) is 12.0 Å². The van der Waals surface area contributed by atoms with Crippen molar-refractivity contribution in [2.24, 2.45) is 5.41 Å². The molecule has 0 amide bonds. The van der Waals surface area contributed by atoms with Crippen LogP contribution in [0.25, 0.3) is 10.2 Å². The molecule has 0 radical (unpaired) electrons. The Bertz CT molecular complexity index is 592. The van der Waals surface area contributed by atoms with Crippen molar-refractivity contribution in [2.75, 3.05) is 24.2 Å². The lowest BCUT2D eigenvalue weighted by Gasteiger charge is -2.35. The van der Waals surface area contributed by atoms with Gasteiger partial charge < -0.3 is 16.2 Å². The molecule has 0 aliphatic heterocycles. The predicted molar refractivity (Wildman–Crippen MR) is 82.9 cm³/mol. The fraction of sp³-hybridized carbons (Fsp3) is 0.571. The highest BCUT2D eigenvalue weighted by molar-refractivity contribution is 7.16. The van der Waals surface area contributed by atoms with E-state index in [9.17, 15) is 5.11 Å². The lowest BCUT2D eigenvalue weighted by atomic mass is 9.74. The van der Waals surface area contributed by atoms with E-state index in [0.29, 0.717) is 5.95 Å². The third-order valence-corrected chi connectivity index (χ3v) is 5.03. The second-order valence-corrected chi connectivity index (χ2v) is 6.54. The lowest BCUT2D eigenvalue weighted by molar-refractivity contribution is 0.0943. The molecule has 0 atom stereocenters. The summed E-state index contributed by atoms with van der Waals surface area (Å²) in [7, 11) is 0. The Hall–Kier alpha value is -1.40. The highest BCUT2D eigenvalue weighted by Gasteiger charge is 2.31. The van der Waals surface area contributed by atoms with Crippen LogP contribution in [0.2, 0.25) is 0 Å². The SMILES string of the molecule is Nc1nc(NCC2(CO)CCCCC2)c2ccsc2n1. The molecule has 6 heteroatoms. The Morgan fingerprint density at radius 1 is 1.30 bits per heavy atom. The maximum absolute atomic E-state index is 9.75. The van der Waals surface area contributed by atoms with Crippen LogP contribution in [0, 0.1) is 5.41 Å². The fourth-order valence-electron chi connectivity index (χ4n) is 2.97. The van der Waals surface area contributed by atoms with E-state index < -0.39 is 0 Å². The Balaban J connectivity index is 1.80. The van der Waals surface area contributed by atoms with E-state index in [1.54, 1.807) is 11.3 Å². The molecule has 20 heavy (non-hydrogen) atoms. The molecule has 4 N–H and O–H groups in total. The third kappa shape index (κ3) is 2.58. The summed E-state index contributed by atoms with van der Waals surface area (Å²) < 4.78 is 0. The van der Waals surface area contributed by atoms with Crippen LogP contribution >= 0.6 is 11.3 Å². The van der Waals surface area contributed by atoms with E-state index in [2.05, 4.69) is 15.3 Å². The Morgan fingerprint density at radius 3 is 2.85 bits per heavy atom. The zero-order valence-corrected chi connectivity index (χ0v) is 12.2. The highest BCUT2D eigenvalue weighted by Crippen LogP contribution is 2.36. The van der Waals surface area contributed by atoms with Crippen LogP contribution < -0.4 is 11.1 Å². The molecule has 5 nitrogen and oxygen atoms in total. The summed E-state index contributed by atoms with van der Waals surface area (Å²) in [5, 5.41) is 16.1. The van der Waals surface area contributed by atoms with Crippen LogP contribution in [0.15, 0.2) is 11.4 Å². The average Bonchev–Trinajstić information content (AvgIpc) is 2.94. The van der Waals surface area contributed by atoms with Gasteiger partial charge in [0.2, 0.25) is 5.95 Å². The minimum Gasteiger partial charge on any atom is -0.396 e. The molecular formula is C14H20N4OS. The second kappa shape index (κ2) is 5.54. The second-order valence-electron chi connectivity index (χ2n) is 5.64. The van der Waals surface area contributed by atoms with E-state index in [0.717, 1.165) is 35.4 Å². The van der Waals surface area contributed by atoms with Gasteiger partial charge in [-0.15, -0.1) is 11.3 Å². The Kier molecular flexibility index (Phi) is 3.76. The first-order valence-corrected chi connectivity index (χ1v) is 7.96. The summed E-state index contributed by atoms with van der Waals surface area (Å²) in [4.78, 5) is 9.43. The summed E-state index contributed by atoms with van der Waals surface area (Å²) >= 11 is 1.56. The Morgan fingerprint density at radius 2 is 2.10 bits per heavy atom. The van der Waals surface area contributed by atoms with Crippen LogP contribution in [0.1, 0.15) is 32.1 Å². The summed E-state index contributed by atoms with van der Waals surface area (Å²) in [6, 6.07) is 2.01. The van der Waals surface area contributed by atoms with Gasteiger partial charge in [0.15, 0.2) is 0 Å². The van der Waals surface area contributed by atoms with Gasteiger partial charge in [0.25, 0.3) is 0 Å². The van der Waals surface area contributed by atoms with Crippen LogP contribution in [0.5, 0.6) is 0 Å². The molecular weight excluding hydrogens is 272 g/mol. The number of aliphatic hydroxyl groups is 1. The van der Waals surface area contributed by atoms with Gasteiger partial charge in [-0.2, -0.15) is 4.98 Å². The number of thiophene rings is 1. The first-order valence-electron chi connectivity index (χ1n) is 7.08. The van der Waals surface area contributed by atoms with E-state index >= 15 is 0 Å². The highest BCUT2D eigenvalue weighted by atomic mass is 32.1. The van der Waals surface area contributed by atoms with Crippen molar-refractivity contribution < 1.29 is 5.11 Å². The van der Waals surface area contributed by atoms with E-state index in [4.69, 9.17) is 5.73 Å². The first-order chi connectivity index (χ1) is 9.72. The van der Waals surface area contributed by atoms with Gasteiger partial charge in [-0.3, -0.25) is 0 Å². The number of anilines is 2. The summed E-state index contributed by atoms with van der Waals surface area (Å²) in [5.41, 5.74) is 5.74. The molecule has 0 saturated heterocycles. The van der Waals surface area contributed by atoms with E-state index in [1.807, 2.05) is 11.4 Å². The minimum atomic E-state index is -0.0136. The normalized spacial score (nSPS) is 18.2. The minimum absolute atomic E-state index is 0.0136. The van der Waals surface area contributed by atoms with Crippen LogP contribution in [0.4, 0.5) is 11.8 Å². The number of hydrogen-bond donors (Lipinski definition) is 3. The molecule has 0 unspecified atom stereocenters. The van der Waals surface area contributed by atoms with Crippen molar-refractivity contribution in [3.05, 3.63) is 11.4 Å². The standard InChI is InChI=1S/C14H20N4OS/c15-13-17-11(10-4-7-20-12(10)18-13)16-8-14(9-19)5-2-1-3-6-14/h4,7,19H,1-3,5-6,8-9H2,(H3,15,16,17,18). The molecule has 3 rings (SSSR count). The molecule has 2 aromatic heterocycles. The molecule has 1 aliphatic carbocycles. The van der Waals surface area contributed by atoms with Gasteiger partial charge in [0.1, 0.15) is 10.6 Å². The summed E-state index contributed by atoms with van der Waals surface area (Å²) in [6.45, 7) is 0.970. The number of nitrogens with two attached hydrogens (primary N) is 1. The lowest BCUT2D eigenvalue weighted by Crippen LogP contribution is -2.35. The number of rotatable bonds is 4. The number of fused-ring (bicyclic) bond motifs is 1. The zero-order valence-electron chi connectivity index (χ0n) is 11.4. The van der Waals surface area contributed by atoms with Gasteiger partial charge in [-0.1, -0.05) is 19.3 Å². The number of aliphatic hydroxyl groups excluding tert-OH is 1. The maximum Gasteiger partial charge on any atom is 0.223 e. The molecule has 0 spiro atoms. The van der Waals surface area contributed by atoms with Crippen LogP contribution in [-0.2, 0) is 0 Å². The number of nitrogens with one attached hydrogen (secondary N) is 1. The average molecular weight is 292 g/mol. The van der Waals surface area contributed by atoms with Crippen molar-refractivity contribution >= 4 is 33.3 Å². The molecule has 1 saturated carbocycles.